The lowest BCUT2D eigenvalue weighted by molar-refractivity contribution is 0.0914. The summed E-state index contributed by atoms with van der Waals surface area (Å²) in [5, 5.41) is 8.94. The van der Waals surface area contributed by atoms with Crippen LogP contribution in [-0.2, 0) is 6.42 Å². The van der Waals surface area contributed by atoms with Crippen molar-refractivity contribution in [2.75, 3.05) is 0 Å². The molecule has 1 aromatic heterocycles. The van der Waals surface area contributed by atoms with Crippen molar-refractivity contribution in [2.45, 2.75) is 32.1 Å². The van der Waals surface area contributed by atoms with Crippen LogP contribution in [-0.4, -0.2) is 10.9 Å². The number of ketones is 1. The van der Waals surface area contributed by atoms with Gasteiger partial charge in [0.2, 0.25) is 11.5 Å². The molecule has 0 amide bonds. The zero-order chi connectivity index (χ0) is 17.7. The number of benzene rings is 3. The minimum Gasteiger partial charge on any atom is -0.353 e. The molecule has 0 bridgehead atoms. The van der Waals surface area contributed by atoms with E-state index in [4.69, 9.17) is 4.52 Å². The smallest absolute Gasteiger partial charge is 0.208 e. The molecule has 1 heterocycles. The first-order valence-corrected chi connectivity index (χ1v) is 9.13. The molecular weight excluding hydrogens is 322 g/mol. The van der Waals surface area contributed by atoms with Crippen molar-refractivity contribution in [3.63, 3.8) is 0 Å². The highest BCUT2D eigenvalue weighted by Crippen LogP contribution is 2.39. The lowest BCUT2D eigenvalue weighted by atomic mass is 9.77. The number of carbonyl (C=O) groups excluding carboxylic acids is 1. The normalized spacial score (nSPS) is 16.7. The van der Waals surface area contributed by atoms with E-state index >= 15 is 0 Å². The van der Waals surface area contributed by atoms with Crippen molar-refractivity contribution in [2.24, 2.45) is 0 Å². The Hall–Kier alpha value is -2.94. The van der Waals surface area contributed by atoms with Crippen molar-refractivity contribution in [3.05, 3.63) is 77.2 Å². The molecule has 3 aromatic carbocycles. The molecule has 0 saturated heterocycles. The quantitative estimate of drug-likeness (QED) is 0.352. The highest BCUT2D eigenvalue weighted by molar-refractivity contribution is 6.09. The molecule has 26 heavy (non-hydrogen) atoms. The number of rotatable bonds is 2. The third-order valence-corrected chi connectivity index (χ3v) is 5.56. The maximum Gasteiger partial charge on any atom is 0.208 e. The largest absolute Gasteiger partial charge is 0.353 e. The highest BCUT2D eigenvalue weighted by atomic mass is 16.5. The summed E-state index contributed by atoms with van der Waals surface area (Å²) in [6.07, 6.45) is 2.90. The van der Waals surface area contributed by atoms with Crippen molar-refractivity contribution in [1.29, 1.82) is 0 Å². The van der Waals surface area contributed by atoms with Gasteiger partial charge >= 0.3 is 0 Å². The Balaban J connectivity index is 1.68. The Morgan fingerprint density at radius 1 is 1.04 bits per heavy atom. The molecule has 5 rings (SSSR count). The van der Waals surface area contributed by atoms with E-state index in [0.717, 1.165) is 30.5 Å². The van der Waals surface area contributed by atoms with Gasteiger partial charge in [-0.25, -0.2) is 0 Å². The van der Waals surface area contributed by atoms with E-state index in [9.17, 15) is 4.79 Å². The van der Waals surface area contributed by atoms with Crippen LogP contribution in [0.2, 0.25) is 0 Å². The van der Waals surface area contributed by atoms with E-state index in [1.54, 1.807) is 6.07 Å². The van der Waals surface area contributed by atoms with Crippen LogP contribution in [0.15, 0.2) is 59.1 Å². The van der Waals surface area contributed by atoms with E-state index in [1.807, 2.05) is 6.92 Å². The van der Waals surface area contributed by atoms with Crippen LogP contribution >= 0.6 is 0 Å². The molecule has 3 nitrogen and oxygen atoms in total. The summed E-state index contributed by atoms with van der Waals surface area (Å²) in [4.78, 5) is 13.0. The summed E-state index contributed by atoms with van der Waals surface area (Å²) in [6, 6.07) is 18.9. The van der Waals surface area contributed by atoms with Gasteiger partial charge in [-0.2, -0.15) is 0 Å². The minimum atomic E-state index is -0.137. The number of Topliss-reactive ketones (excluding diaryl/α,β-unsaturated/α-hetero) is 1. The Morgan fingerprint density at radius 2 is 1.88 bits per heavy atom. The maximum atomic E-state index is 13.0. The number of hydrogen-bond donors (Lipinski definition) is 0. The molecule has 1 atom stereocenters. The zero-order valence-electron chi connectivity index (χ0n) is 14.7. The maximum absolute atomic E-state index is 13.0. The average Bonchev–Trinajstić information content (AvgIpc) is 3.12. The fourth-order valence-electron chi connectivity index (χ4n) is 4.34. The second kappa shape index (κ2) is 5.80. The number of aryl methyl sites for hydroxylation is 2. The van der Waals surface area contributed by atoms with E-state index in [-0.39, 0.29) is 11.7 Å². The number of nitrogens with zero attached hydrogens (tertiary/aromatic N) is 1. The standard InChI is InChI=1S/C23H19NO2/c1-14-13-22(26-24-14)23(25)21-8-4-7-17-19-10-9-15-5-2-3-6-16(15)18(19)11-12-20(17)21/h2-3,5-6,9-13,21H,4,7-8H2,1H3. The van der Waals surface area contributed by atoms with Crippen molar-refractivity contribution >= 4 is 27.3 Å². The Kier molecular flexibility index (Phi) is 3.42. The van der Waals surface area contributed by atoms with E-state index < -0.39 is 0 Å². The van der Waals surface area contributed by atoms with Crippen LogP contribution < -0.4 is 0 Å². The van der Waals surface area contributed by atoms with Crippen LogP contribution in [0.1, 0.15) is 46.1 Å². The summed E-state index contributed by atoms with van der Waals surface area (Å²) in [6.45, 7) is 1.84. The van der Waals surface area contributed by atoms with Crippen LogP contribution in [0.4, 0.5) is 0 Å². The predicted octanol–water partition coefficient (Wildman–Crippen LogP) is 5.59. The lowest BCUT2D eigenvalue weighted by Gasteiger charge is -2.25. The third-order valence-electron chi connectivity index (χ3n) is 5.56. The van der Waals surface area contributed by atoms with Gasteiger partial charge in [-0.15, -0.1) is 0 Å². The molecule has 0 spiro atoms. The van der Waals surface area contributed by atoms with Gasteiger partial charge in [-0.3, -0.25) is 4.79 Å². The topological polar surface area (TPSA) is 43.1 Å². The predicted molar refractivity (Wildman–Crippen MR) is 103 cm³/mol. The zero-order valence-corrected chi connectivity index (χ0v) is 14.7. The van der Waals surface area contributed by atoms with Crippen LogP contribution in [0.3, 0.4) is 0 Å². The van der Waals surface area contributed by atoms with Gasteiger partial charge in [-0.1, -0.05) is 53.7 Å². The second-order valence-electron chi connectivity index (χ2n) is 7.16. The summed E-state index contributed by atoms with van der Waals surface area (Å²) >= 11 is 0. The molecule has 4 aromatic rings. The van der Waals surface area contributed by atoms with Crippen LogP contribution in [0.25, 0.3) is 21.5 Å². The molecule has 0 fully saturated rings. The molecule has 1 aliphatic rings. The summed E-state index contributed by atoms with van der Waals surface area (Å²) in [5.41, 5.74) is 3.21. The lowest BCUT2D eigenvalue weighted by Crippen LogP contribution is -2.18. The van der Waals surface area contributed by atoms with Gasteiger partial charge in [0.15, 0.2) is 0 Å². The third kappa shape index (κ3) is 2.27. The van der Waals surface area contributed by atoms with Gasteiger partial charge in [0.05, 0.1) is 11.6 Å². The molecule has 0 saturated carbocycles. The Morgan fingerprint density at radius 3 is 2.73 bits per heavy atom. The molecule has 1 unspecified atom stereocenters. The average molecular weight is 341 g/mol. The first-order valence-electron chi connectivity index (χ1n) is 9.13. The first kappa shape index (κ1) is 15.3. The summed E-state index contributed by atoms with van der Waals surface area (Å²) in [5.74, 6) is 0.285. The van der Waals surface area contributed by atoms with Crippen molar-refractivity contribution in [3.8, 4) is 0 Å². The first-order chi connectivity index (χ1) is 12.7. The number of aromatic nitrogens is 1. The molecule has 128 valence electrons. The van der Waals surface area contributed by atoms with Gasteiger partial charge in [0.25, 0.3) is 0 Å². The monoisotopic (exact) mass is 341 g/mol. The number of fused-ring (bicyclic) bond motifs is 5. The highest BCUT2D eigenvalue weighted by Gasteiger charge is 2.30. The van der Waals surface area contributed by atoms with E-state index in [2.05, 4.69) is 53.7 Å². The molecule has 3 heteroatoms. The fourth-order valence-corrected chi connectivity index (χ4v) is 4.34. The van der Waals surface area contributed by atoms with Gasteiger partial charge in [0.1, 0.15) is 0 Å². The Bertz CT molecular complexity index is 1160. The molecule has 0 radical (unpaired) electrons. The van der Waals surface area contributed by atoms with E-state index in [1.165, 1.54) is 27.1 Å². The molecule has 1 aliphatic carbocycles. The molecule has 0 N–H and O–H groups in total. The summed E-state index contributed by atoms with van der Waals surface area (Å²) in [7, 11) is 0. The molecule has 0 aliphatic heterocycles. The molecular formula is C23H19NO2. The SMILES string of the molecule is Cc1cc(C(=O)C2CCCc3c2ccc2c3ccc3ccccc32)on1. The minimum absolute atomic E-state index is 0.0479. The second-order valence-corrected chi connectivity index (χ2v) is 7.16. The number of hydrogen-bond acceptors (Lipinski definition) is 3. The van der Waals surface area contributed by atoms with Crippen LogP contribution in [0, 0.1) is 6.92 Å². The van der Waals surface area contributed by atoms with Crippen molar-refractivity contribution < 1.29 is 9.32 Å². The summed E-state index contributed by atoms with van der Waals surface area (Å²) < 4.78 is 5.24. The van der Waals surface area contributed by atoms with Gasteiger partial charge in [-0.05, 0) is 58.9 Å². The fraction of sp³-hybridized carbons (Fsp3) is 0.217. The van der Waals surface area contributed by atoms with Gasteiger partial charge < -0.3 is 4.52 Å². The number of carbonyl (C=O) groups is 1. The Labute approximate surface area is 151 Å². The van der Waals surface area contributed by atoms with E-state index in [0.29, 0.717) is 5.76 Å². The van der Waals surface area contributed by atoms with Gasteiger partial charge in [0, 0.05) is 6.07 Å². The van der Waals surface area contributed by atoms with Crippen molar-refractivity contribution in [1.82, 2.24) is 5.16 Å². The van der Waals surface area contributed by atoms with Crippen LogP contribution in [0.5, 0.6) is 0 Å².